The van der Waals surface area contributed by atoms with Crippen LogP contribution in [-0.4, -0.2) is 58.6 Å². The van der Waals surface area contributed by atoms with Crippen LogP contribution in [0.4, 0.5) is 0 Å². The van der Waals surface area contributed by atoms with E-state index in [0.29, 0.717) is 28.9 Å². The van der Waals surface area contributed by atoms with Gasteiger partial charge in [-0.2, -0.15) is 0 Å². The molecule has 2 rings (SSSR count). The van der Waals surface area contributed by atoms with Crippen LogP contribution in [0.2, 0.25) is 0 Å². The Morgan fingerprint density at radius 3 is 2.45 bits per heavy atom. The first-order valence-electron chi connectivity index (χ1n) is 10.2. The molecule has 2 N–H and O–H groups in total. The second-order valence-electron chi connectivity index (χ2n) is 8.06. The fourth-order valence-corrected chi connectivity index (χ4v) is 4.48. The SMILES string of the molecule is Cc1cc(CN=C(NCC(=O)N(C)C)NCC2CCCCC2)ccc1S(C)(=O)=O. The van der Waals surface area contributed by atoms with Crippen molar-refractivity contribution < 1.29 is 13.2 Å². The van der Waals surface area contributed by atoms with E-state index in [1.165, 1.54) is 38.4 Å². The van der Waals surface area contributed by atoms with E-state index in [9.17, 15) is 13.2 Å². The zero-order valence-corrected chi connectivity index (χ0v) is 18.8. The molecule has 1 amide bonds. The summed E-state index contributed by atoms with van der Waals surface area (Å²) in [5.74, 6) is 1.22. The summed E-state index contributed by atoms with van der Waals surface area (Å²) >= 11 is 0. The molecule has 29 heavy (non-hydrogen) atoms. The molecule has 162 valence electrons. The highest BCUT2D eigenvalue weighted by Gasteiger charge is 2.15. The van der Waals surface area contributed by atoms with E-state index >= 15 is 0 Å². The highest BCUT2D eigenvalue weighted by atomic mass is 32.2. The number of amides is 1. The lowest BCUT2D eigenvalue weighted by molar-refractivity contribution is -0.127. The number of hydrogen-bond acceptors (Lipinski definition) is 4. The Bertz CT molecular complexity index is 828. The minimum atomic E-state index is -3.23. The number of aryl methyl sites for hydroxylation is 1. The largest absolute Gasteiger partial charge is 0.356 e. The summed E-state index contributed by atoms with van der Waals surface area (Å²) in [4.78, 5) is 18.4. The molecule has 1 aromatic rings. The van der Waals surface area contributed by atoms with Crippen LogP contribution in [0.25, 0.3) is 0 Å². The van der Waals surface area contributed by atoms with Gasteiger partial charge in [-0.3, -0.25) is 4.79 Å². The topological polar surface area (TPSA) is 90.9 Å². The van der Waals surface area contributed by atoms with Crippen molar-refractivity contribution in [1.82, 2.24) is 15.5 Å². The molecule has 8 heteroatoms. The molecule has 0 unspecified atom stereocenters. The van der Waals surface area contributed by atoms with Crippen molar-refractivity contribution in [2.45, 2.75) is 50.5 Å². The van der Waals surface area contributed by atoms with E-state index in [2.05, 4.69) is 15.6 Å². The molecule has 0 aliphatic heterocycles. The number of nitrogens with zero attached hydrogens (tertiary/aromatic N) is 2. The molecule has 7 nitrogen and oxygen atoms in total. The van der Waals surface area contributed by atoms with E-state index in [1.807, 2.05) is 6.07 Å². The number of carbonyl (C=O) groups is 1. The molecular formula is C21H34N4O3S. The van der Waals surface area contributed by atoms with Crippen LogP contribution in [-0.2, 0) is 21.2 Å². The molecule has 0 saturated heterocycles. The summed E-state index contributed by atoms with van der Waals surface area (Å²) in [6, 6.07) is 5.27. The van der Waals surface area contributed by atoms with Crippen LogP contribution < -0.4 is 10.6 Å². The highest BCUT2D eigenvalue weighted by molar-refractivity contribution is 7.90. The molecule has 1 aliphatic carbocycles. The van der Waals surface area contributed by atoms with E-state index in [1.54, 1.807) is 38.1 Å². The van der Waals surface area contributed by atoms with Crippen LogP contribution in [0, 0.1) is 12.8 Å². The molecule has 0 spiro atoms. The van der Waals surface area contributed by atoms with Gasteiger partial charge in [-0.15, -0.1) is 0 Å². The van der Waals surface area contributed by atoms with Gasteiger partial charge in [-0.25, -0.2) is 13.4 Å². The van der Waals surface area contributed by atoms with Crippen LogP contribution in [0.15, 0.2) is 28.1 Å². The van der Waals surface area contributed by atoms with Crippen LogP contribution in [0.1, 0.15) is 43.2 Å². The number of likely N-dealkylation sites (N-methyl/N-ethyl adjacent to an activating group) is 1. The third-order valence-corrected chi connectivity index (χ3v) is 6.50. The summed E-state index contributed by atoms with van der Waals surface area (Å²) < 4.78 is 23.6. The van der Waals surface area contributed by atoms with E-state index in [0.717, 1.165) is 12.1 Å². The lowest BCUT2D eigenvalue weighted by Crippen LogP contribution is -2.44. The number of guanidine groups is 1. The predicted octanol–water partition coefficient (Wildman–Crippen LogP) is 2.10. The highest BCUT2D eigenvalue weighted by Crippen LogP contribution is 2.22. The monoisotopic (exact) mass is 422 g/mol. The number of rotatable bonds is 7. The van der Waals surface area contributed by atoms with Gasteiger partial charge in [-0.05, 0) is 42.9 Å². The molecule has 0 heterocycles. The zero-order chi connectivity index (χ0) is 21.4. The fraction of sp³-hybridized carbons (Fsp3) is 0.619. The van der Waals surface area contributed by atoms with E-state index in [4.69, 9.17) is 0 Å². The quantitative estimate of drug-likeness (QED) is 0.519. The normalized spacial score (nSPS) is 15.8. The molecule has 1 aliphatic rings. The average molecular weight is 423 g/mol. The first-order chi connectivity index (χ1) is 13.7. The van der Waals surface area contributed by atoms with Gasteiger partial charge in [0.25, 0.3) is 0 Å². The number of hydrogen-bond donors (Lipinski definition) is 2. The lowest BCUT2D eigenvalue weighted by Gasteiger charge is -2.23. The average Bonchev–Trinajstić information content (AvgIpc) is 2.66. The number of aliphatic imine (C=N–C) groups is 1. The molecule has 1 aromatic carbocycles. The predicted molar refractivity (Wildman–Crippen MR) is 117 cm³/mol. The standard InChI is InChI=1S/C21H34N4O3S/c1-16-12-18(10-11-19(16)29(4,27)28)14-23-21(24-15-20(26)25(2)3)22-13-17-8-6-5-7-9-17/h10-12,17H,5-9,13-15H2,1-4H3,(H2,22,23,24). The van der Waals surface area contributed by atoms with Crippen LogP contribution in [0.3, 0.4) is 0 Å². The van der Waals surface area contributed by atoms with Crippen molar-refractivity contribution in [3.63, 3.8) is 0 Å². The molecule has 0 atom stereocenters. The fourth-order valence-electron chi connectivity index (χ4n) is 3.52. The summed E-state index contributed by atoms with van der Waals surface area (Å²) in [6.07, 6.45) is 7.53. The maximum Gasteiger partial charge on any atom is 0.241 e. The van der Waals surface area contributed by atoms with Gasteiger partial charge in [0.2, 0.25) is 5.91 Å². The minimum absolute atomic E-state index is 0.0227. The maximum absolute atomic E-state index is 11.9. The van der Waals surface area contributed by atoms with Gasteiger partial charge in [0, 0.05) is 26.9 Å². The molecule has 1 saturated carbocycles. The van der Waals surface area contributed by atoms with Gasteiger partial charge in [0.05, 0.1) is 18.0 Å². The van der Waals surface area contributed by atoms with Gasteiger partial charge in [0.1, 0.15) is 0 Å². The first kappa shape index (κ1) is 23.2. The summed E-state index contributed by atoms with van der Waals surface area (Å²) in [5.41, 5.74) is 1.64. The Balaban J connectivity index is 2.06. The van der Waals surface area contributed by atoms with Gasteiger partial charge < -0.3 is 15.5 Å². The third kappa shape index (κ3) is 7.68. The smallest absolute Gasteiger partial charge is 0.241 e. The Morgan fingerprint density at radius 1 is 1.17 bits per heavy atom. The Morgan fingerprint density at radius 2 is 1.86 bits per heavy atom. The Kier molecular flexibility index (Phi) is 8.49. The van der Waals surface area contributed by atoms with Crippen LogP contribution >= 0.6 is 0 Å². The Labute approximate surface area is 174 Å². The number of nitrogens with one attached hydrogen (secondary N) is 2. The van der Waals surface area contributed by atoms with Crippen molar-refractivity contribution in [1.29, 1.82) is 0 Å². The van der Waals surface area contributed by atoms with Crippen molar-refractivity contribution in [3.8, 4) is 0 Å². The number of carbonyl (C=O) groups excluding carboxylic acids is 1. The summed E-state index contributed by atoms with van der Waals surface area (Å²) in [5, 5.41) is 6.49. The molecular weight excluding hydrogens is 388 g/mol. The van der Waals surface area contributed by atoms with Crippen molar-refractivity contribution >= 4 is 21.7 Å². The molecule has 0 bridgehead atoms. The second kappa shape index (κ2) is 10.6. The summed E-state index contributed by atoms with van der Waals surface area (Å²) in [6.45, 7) is 3.21. The molecule has 1 fully saturated rings. The number of benzene rings is 1. The maximum atomic E-state index is 11.9. The van der Waals surface area contributed by atoms with Gasteiger partial charge in [-0.1, -0.05) is 31.4 Å². The third-order valence-electron chi connectivity index (χ3n) is 5.25. The van der Waals surface area contributed by atoms with E-state index in [-0.39, 0.29) is 12.5 Å². The minimum Gasteiger partial charge on any atom is -0.356 e. The number of sulfone groups is 1. The van der Waals surface area contributed by atoms with E-state index < -0.39 is 9.84 Å². The zero-order valence-electron chi connectivity index (χ0n) is 18.0. The van der Waals surface area contributed by atoms with Crippen LogP contribution in [0.5, 0.6) is 0 Å². The summed E-state index contributed by atoms with van der Waals surface area (Å²) in [7, 11) is 0.218. The second-order valence-corrected chi connectivity index (χ2v) is 10.0. The lowest BCUT2D eigenvalue weighted by atomic mass is 9.89. The first-order valence-corrected chi connectivity index (χ1v) is 12.1. The van der Waals surface area contributed by atoms with Crippen molar-refractivity contribution in [2.24, 2.45) is 10.9 Å². The van der Waals surface area contributed by atoms with Crippen molar-refractivity contribution in [3.05, 3.63) is 29.3 Å². The Hall–Kier alpha value is -2.09. The van der Waals surface area contributed by atoms with Gasteiger partial charge >= 0.3 is 0 Å². The van der Waals surface area contributed by atoms with Gasteiger partial charge in [0.15, 0.2) is 15.8 Å². The molecule has 0 aromatic heterocycles. The molecule has 0 radical (unpaired) electrons. The van der Waals surface area contributed by atoms with Crippen molar-refractivity contribution in [2.75, 3.05) is 33.4 Å².